The van der Waals surface area contributed by atoms with Crippen molar-refractivity contribution in [2.75, 3.05) is 0 Å². The molecule has 2 heterocycles. The number of hydrogen-bond donors (Lipinski definition) is 1. The molecule has 0 aromatic carbocycles. The van der Waals surface area contributed by atoms with E-state index in [2.05, 4.69) is 0 Å². The van der Waals surface area contributed by atoms with Crippen LogP contribution in [0.25, 0.3) is 0 Å². The van der Waals surface area contributed by atoms with Crippen LogP contribution >= 0.6 is 0 Å². The molecule has 0 spiro atoms. The molecule has 0 bridgehead atoms. The second-order valence-corrected chi connectivity index (χ2v) is 6.88. The average molecular weight is 337 g/mol. The Hall–Kier alpha value is -1.93. The molecule has 0 saturated carbocycles. The number of pyridine rings is 1. The zero-order valence-corrected chi connectivity index (χ0v) is 14.4. The fourth-order valence-corrected chi connectivity index (χ4v) is 2.30. The van der Waals surface area contributed by atoms with E-state index >= 15 is 0 Å². The van der Waals surface area contributed by atoms with E-state index in [-0.39, 0.29) is 17.7 Å². The molecule has 0 atom stereocenters. The van der Waals surface area contributed by atoms with Gasteiger partial charge in [-0.2, -0.15) is 0 Å². The van der Waals surface area contributed by atoms with Gasteiger partial charge in [0.15, 0.2) is 0 Å². The average Bonchev–Trinajstić information content (AvgIpc) is 2.68. The highest BCUT2D eigenvalue weighted by Crippen LogP contribution is 2.39. The predicted molar refractivity (Wildman–Crippen MR) is 87.6 cm³/mol. The number of rotatable bonds is 4. The zero-order valence-electron chi connectivity index (χ0n) is 14.4. The third-order valence-corrected chi connectivity index (χ3v) is 4.53. The maximum absolute atomic E-state index is 14.7. The van der Waals surface area contributed by atoms with E-state index in [1.54, 1.807) is 0 Å². The highest BCUT2D eigenvalue weighted by molar-refractivity contribution is 6.53. The maximum Gasteiger partial charge on any atom is 0.525 e. The normalized spacial score (nSPS) is 20.0. The molecule has 0 radical (unpaired) electrons. The molecular formula is C16H21BFNO5. The number of carboxylic acid groups (broad SMARTS) is 1. The minimum atomic E-state index is -1.32. The molecule has 1 N–H and O–H groups in total. The SMILES string of the molecule is CC(Cn1cccc(C(=O)O)c1=O)=C(F)B1OC(C)(C)C(C)(C)O1. The molecule has 2 rings (SSSR count). The Morgan fingerprint density at radius 1 is 1.29 bits per heavy atom. The van der Waals surface area contributed by atoms with Gasteiger partial charge in [-0.05, 0) is 52.3 Å². The van der Waals surface area contributed by atoms with Gasteiger partial charge in [-0.15, -0.1) is 0 Å². The number of nitrogens with zero attached hydrogens (tertiary/aromatic N) is 1. The van der Waals surface area contributed by atoms with Crippen molar-refractivity contribution < 1.29 is 23.6 Å². The highest BCUT2D eigenvalue weighted by Gasteiger charge is 2.53. The second kappa shape index (κ2) is 6.18. The Balaban J connectivity index is 2.28. The Labute approximate surface area is 140 Å². The van der Waals surface area contributed by atoms with Gasteiger partial charge in [-0.1, -0.05) is 0 Å². The molecule has 1 saturated heterocycles. The Kier molecular flexibility index (Phi) is 4.74. The largest absolute Gasteiger partial charge is 0.525 e. The monoisotopic (exact) mass is 337 g/mol. The van der Waals surface area contributed by atoms with E-state index in [0.29, 0.717) is 0 Å². The first kappa shape index (κ1) is 18.4. The summed E-state index contributed by atoms with van der Waals surface area (Å²) in [4.78, 5) is 23.1. The Morgan fingerprint density at radius 3 is 2.33 bits per heavy atom. The quantitative estimate of drug-likeness (QED) is 0.854. The van der Waals surface area contributed by atoms with Crippen LogP contribution in [0, 0.1) is 0 Å². The van der Waals surface area contributed by atoms with Gasteiger partial charge in [0, 0.05) is 12.7 Å². The third-order valence-electron chi connectivity index (χ3n) is 4.53. The van der Waals surface area contributed by atoms with Crippen LogP contribution in [-0.2, 0) is 15.9 Å². The first-order valence-corrected chi connectivity index (χ1v) is 7.60. The first-order valence-electron chi connectivity index (χ1n) is 7.60. The summed E-state index contributed by atoms with van der Waals surface area (Å²) in [6.45, 7) is 8.69. The molecule has 1 aromatic heterocycles. The van der Waals surface area contributed by atoms with Crippen molar-refractivity contribution in [3.63, 3.8) is 0 Å². The van der Waals surface area contributed by atoms with Crippen molar-refractivity contribution in [2.24, 2.45) is 0 Å². The molecule has 0 amide bonds. The van der Waals surface area contributed by atoms with Crippen LogP contribution in [0.15, 0.2) is 34.4 Å². The lowest BCUT2D eigenvalue weighted by Crippen LogP contribution is -2.41. The van der Waals surface area contributed by atoms with Gasteiger partial charge < -0.3 is 19.0 Å². The highest BCUT2D eigenvalue weighted by atomic mass is 19.1. The summed E-state index contributed by atoms with van der Waals surface area (Å²) in [5.74, 6) is -1.32. The number of hydrogen-bond acceptors (Lipinski definition) is 4. The second-order valence-electron chi connectivity index (χ2n) is 6.88. The summed E-state index contributed by atoms with van der Waals surface area (Å²) in [6, 6.07) is 2.65. The van der Waals surface area contributed by atoms with E-state index < -0.39 is 35.6 Å². The van der Waals surface area contributed by atoms with E-state index in [1.165, 1.54) is 25.3 Å². The number of carboxylic acids is 1. The van der Waals surface area contributed by atoms with Gasteiger partial charge in [-0.25, -0.2) is 9.18 Å². The molecule has 130 valence electrons. The van der Waals surface area contributed by atoms with E-state index in [1.807, 2.05) is 27.7 Å². The fraction of sp³-hybridized carbons (Fsp3) is 0.500. The lowest BCUT2D eigenvalue weighted by Gasteiger charge is -2.32. The minimum absolute atomic E-state index is 0.0874. The number of carbonyl (C=O) groups is 1. The molecule has 0 unspecified atom stereocenters. The molecule has 8 heteroatoms. The molecule has 1 aliphatic rings. The van der Waals surface area contributed by atoms with Crippen molar-refractivity contribution in [1.29, 1.82) is 0 Å². The van der Waals surface area contributed by atoms with Crippen LogP contribution in [-0.4, -0.2) is 34.0 Å². The van der Waals surface area contributed by atoms with E-state index in [0.717, 1.165) is 4.57 Å². The van der Waals surface area contributed by atoms with Gasteiger partial charge in [0.05, 0.1) is 11.2 Å². The fourth-order valence-electron chi connectivity index (χ4n) is 2.30. The van der Waals surface area contributed by atoms with Crippen molar-refractivity contribution in [3.8, 4) is 0 Å². The Bertz CT molecular complexity index is 737. The molecule has 1 aromatic rings. The summed E-state index contributed by atoms with van der Waals surface area (Å²) < 4.78 is 27.1. The molecule has 1 aliphatic heterocycles. The summed E-state index contributed by atoms with van der Waals surface area (Å²) in [5.41, 5.74) is -2.77. The van der Waals surface area contributed by atoms with E-state index in [9.17, 15) is 14.0 Å². The van der Waals surface area contributed by atoms with Gasteiger partial charge in [0.1, 0.15) is 11.3 Å². The van der Waals surface area contributed by atoms with Crippen LogP contribution in [0.1, 0.15) is 45.0 Å². The summed E-state index contributed by atoms with van der Waals surface area (Å²) in [6.07, 6.45) is 1.41. The molecule has 6 nitrogen and oxygen atoms in total. The van der Waals surface area contributed by atoms with Crippen molar-refractivity contribution in [1.82, 2.24) is 4.57 Å². The molecule has 1 fully saturated rings. The lowest BCUT2D eigenvalue weighted by molar-refractivity contribution is 0.00578. The van der Waals surface area contributed by atoms with Crippen LogP contribution in [0.4, 0.5) is 4.39 Å². The maximum atomic E-state index is 14.7. The summed E-state index contributed by atoms with van der Waals surface area (Å²) >= 11 is 0. The predicted octanol–water partition coefficient (Wildman–Crippen LogP) is 2.42. The van der Waals surface area contributed by atoms with Crippen LogP contribution in [0.5, 0.6) is 0 Å². The standard InChI is InChI=1S/C16H21BFNO5/c1-10(9-19-8-6-7-11(13(19)20)14(21)22)12(18)17-23-15(2,3)16(4,5)24-17/h6-8H,9H2,1-5H3,(H,21,22). The Morgan fingerprint density at radius 2 is 1.83 bits per heavy atom. The van der Waals surface area contributed by atoms with Crippen molar-refractivity contribution in [3.05, 3.63) is 45.5 Å². The number of aromatic nitrogens is 1. The van der Waals surface area contributed by atoms with Crippen molar-refractivity contribution >= 4 is 13.1 Å². The smallest absolute Gasteiger partial charge is 0.477 e. The van der Waals surface area contributed by atoms with Crippen molar-refractivity contribution in [2.45, 2.75) is 52.4 Å². The number of aromatic carboxylic acids is 1. The summed E-state index contributed by atoms with van der Waals surface area (Å²) in [7, 11) is -1.15. The summed E-state index contributed by atoms with van der Waals surface area (Å²) in [5, 5.41) is 8.98. The van der Waals surface area contributed by atoms with Gasteiger partial charge in [0.2, 0.25) is 0 Å². The molecule has 24 heavy (non-hydrogen) atoms. The third kappa shape index (κ3) is 3.30. The zero-order chi connectivity index (χ0) is 18.3. The minimum Gasteiger partial charge on any atom is -0.477 e. The van der Waals surface area contributed by atoms with Gasteiger partial charge in [-0.3, -0.25) is 4.79 Å². The van der Waals surface area contributed by atoms with Crippen LogP contribution < -0.4 is 5.56 Å². The van der Waals surface area contributed by atoms with Gasteiger partial charge in [0.25, 0.3) is 5.56 Å². The first-order chi connectivity index (χ1) is 11.0. The van der Waals surface area contributed by atoms with Gasteiger partial charge >= 0.3 is 13.1 Å². The number of allylic oxidation sites excluding steroid dienone is 1. The van der Waals surface area contributed by atoms with E-state index in [4.69, 9.17) is 14.4 Å². The van der Waals surface area contributed by atoms with Crippen LogP contribution in [0.3, 0.4) is 0 Å². The lowest BCUT2D eigenvalue weighted by atomic mass is 9.85. The molecular weight excluding hydrogens is 316 g/mol. The van der Waals surface area contributed by atoms with Crippen LogP contribution in [0.2, 0.25) is 0 Å². The topological polar surface area (TPSA) is 77.8 Å². The number of halogens is 1. The molecule has 0 aliphatic carbocycles.